The van der Waals surface area contributed by atoms with Gasteiger partial charge < -0.3 is 9.72 Å². The lowest BCUT2D eigenvalue weighted by molar-refractivity contribution is -0.145. The third kappa shape index (κ3) is 2.02. The van der Waals surface area contributed by atoms with E-state index in [1.807, 2.05) is 6.92 Å². The Morgan fingerprint density at radius 3 is 3.11 bits per heavy atom. The molecule has 2 N–H and O–H groups in total. The fraction of sp³-hybridized carbons (Fsp3) is 0.400. The highest BCUT2D eigenvalue weighted by Gasteiger charge is 2.27. The molecule has 4 heteroatoms. The lowest BCUT2D eigenvalue weighted by Crippen LogP contribution is -2.42. The smallest absolute Gasteiger partial charge is 0.323 e. The molecule has 0 amide bonds. The number of ether oxygens (including phenoxy) is 1. The number of aryl methyl sites for hydroxylation is 1. The number of aromatic nitrogens is 1. The molecular weight excluding hydrogens is 240 g/mol. The zero-order chi connectivity index (χ0) is 13.4. The summed E-state index contributed by atoms with van der Waals surface area (Å²) in [6.07, 6.45) is 0.669. The second-order valence-electron chi connectivity index (χ2n) is 4.97. The summed E-state index contributed by atoms with van der Waals surface area (Å²) < 4.78 is 5.08. The molecule has 1 aromatic heterocycles. The fourth-order valence-corrected chi connectivity index (χ4v) is 2.76. The van der Waals surface area contributed by atoms with Gasteiger partial charge in [-0.1, -0.05) is 18.2 Å². The van der Waals surface area contributed by atoms with Gasteiger partial charge in [0.25, 0.3) is 0 Å². The summed E-state index contributed by atoms with van der Waals surface area (Å²) in [5, 5.41) is 4.52. The Kier molecular flexibility index (Phi) is 3.03. The van der Waals surface area contributed by atoms with Crippen LogP contribution in [-0.4, -0.2) is 23.6 Å². The number of esters is 1. The molecule has 3 rings (SSSR count). The van der Waals surface area contributed by atoms with Gasteiger partial charge in [-0.2, -0.15) is 0 Å². The summed E-state index contributed by atoms with van der Waals surface area (Å²) in [5.74, 6) is -0.163. The molecule has 1 aliphatic heterocycles. The van der Waals surface area contributed by atoms with Gasteiger partial charge in [-0.05, 0) is 25.0 Å². The Balaban J connectivity index is 1.96. The molecule has 19 heavy (non-hydrogen) atoms. The molecule has 1 unspecified atom stereocenters. The maximum absolute atomic E-state index is 11.8. The van der Waals surface area contributed by atoms with Crippen molar-refractivity contribution in [3.8, 4) is 0 Å². The number of para-hydroxylation sites is 1. The van der Waals surface area contributed by atoms with E-state index in [-0.39, 0.29) is 12.0 Å². The van der Waals surface area contributed by atoms with E-state index in [0.717, 1.165) is 5.69 Å². The molecule has 0 bridgehead atoms. The minimum Gasteiger partial charge on any atom is -0.465 e. The first-order valence-corrected chi connectivity index (χ1v) is 6.69. The quantitative estimate of drug-likeness (QED) is 0.811. The Morgan fingerprint density at radius 2 is 2.32 bits per heavy atom. The van der Waals surface area contributed by atoms with Crippen LogP contribution in [0.1, 0.15) is 23.7 Å². The van der Waals surface area contributed by atoms with Crippen LogP contribution in [-0.2, 0) is 22.5 Å². The van der Waals surface area contributed by atoms with E-state index in [2.05, 4.69) is 35.4 Å². The number of nitrogens with one attached hydrogen (secondary N) is 2. The number of hydrogen-bond acceptors (Lipinski definition) is 3. The van der Waals surface area contributed by atoms with Crippen LogP contribution in [0.4, 0.5) is 0 Å². The number of carbonyl (C=O) groups is 1. The molecule has 1 atom stereocenters. The lowest BCUT2D eigenvalue weighted by atomic mass is 10.0. The van der Waals surface area contributed by atoms with Crippen LogP contribution in [0.2, 0.25) is 0 Å². The van der Waals surface area contributed by atoms with Crippen molar-refractivity contribution in [2.75, 3.05) is 6.61 Å². The summed E-state index contributed by atoms with van der Waals surface area (Å²) in [6, 6.07) is 6.06. The first-order valence-electron chi connectivity index (χ1n) is 6.69. The molecule has 100 valence electrons. The first kappa shape index (κ1) is 12.2. The lowest BCUT2D eigenvalue weighted by Gasteiger charge is -2.22. The normalized spacial score (nSPS) is 18.3. The van der Waals surface area contributed by atoms with E-state index in [4.69, 9.17) is 4.74 Å². The molecule has 0 spiro atoms. The summed E-state index contributed by atoms with van der Waals surface area (Å²) in [4.78, 5) is 15.3. The second kappa shape index (κ2) is 4.70. The van der Waals surface area contributed by atoms with Gasteiger partial charge >= 0.3 is 5.97 Å². The largest absolute Gasteiger partial charge is 0.465 e. The van der Waals surface area contributed by atoms with Crippen molar-refractivity contribution in [3.05, 3.63) is 35.0 Å². The van der Waals surface area contributed by atoms with E-state index < -0.39 is 0 Å². The Bertz CT molecular complexity index is 630. The molecule has 2 aromatic rings. The van der Waals surface area contributed by atoms with Crippen molar-refractivity contribution in [3.63, 3.8) is 0 Å². The second-order valence-corrected chi connectivity index (χ2v) is 4.97. The zero-order valence-corrected chi connectivity index (χ0v) is 11.2. The van der Waals surface area contributed by atoms with Crippen molar-refractivity contribution < 1.29 is 9.53 Å². The van der Waals surface area contributed by atoms with Crippen LogP contribution >= 0.6 is 0 Å². The van der Waals surface area contributed by atoms with Crippen molar-refractivity contribution in [1.29, 1.82) is 0 Å². The number of H-pyrrole nitrogens is 1. The van der Waals surface area contributed by atoms with Crippen molar-refractivity contribution in [2.24, 2.45) is 0 Å². The van der Waals surface area contributed by atoms with Gasteiger partial charge in [0.1, 0.15) is 6.04 Å². The van der Waals surface area contributed by atoms with Gasteiger partial charge in [-0.25, -0.2) is 0 Å². The van der Waals surface area contributed by atoms with E-state index in [9.17, 15) is 4.79 Å². The average molecular weight is 258 g/mol. The number of rotatable bonds is 2. The van der Waals surface area contributed by atoms with Crippen LogP contribution in [0.15, 0.2) is 18.2 Å². The van der Waals surface area contributed by atoms with Crippen LogP contribution in [0.25, 0.3) is 10.9 Å². The molecule has 0 fully saturated rings. The Labute approximate surface area is 112 Å². The number of aromatic amines is 1. The molecule has 1 aromatic carbocycles. The third-order valence-electron chi connectivity index (χ3n) is 3.74. The summed E-state index contributed by atoms with van der Waals surface area (Å²) in [6.45, 7) is 5.07. The van der Waals surface area contributed by atoms with Gasteiger partial charge in [-0.15, -0.1) is 0 Å². The van der Waals surface area contributed by atoms with Gasteiger partial charge in [0.2, 0.25) is 0 Å². The molecule has 0 aliphatic carbocycles. The molecule has 1 aliphatic rings. The highest BCUT2D eigenvalue weighted by molar-refractivity contribution is 5.88. The van der Waals surface area contributed by atoms with Crippen molar-refractivity contribution in [1.82, 2.24) is 10.3 Å². The van der Waals surface area contributed by atoms with Gasteiger partial charge in [0.05, 0.1) is 6.61 Å². The standard InChI is InChI=1S/C15H18N2O2/c1-3-19-15(18)13-7-12-11(8-16-13)10-6-4-5-9(2)14(10)17-12/h4-6,13,16-17H,3,7-8H2,1-2H3. The van der Waals surface area contributed by atoms with Gasteiger partial charge in [0, 0.05) is 29.6 Å². The van der Waals surface area contributed by atoms with E-state index >= 15 is 0 Å². The predicted molar refractivity (Wildman–Crippen MR) is 74.0 cm³/mol. The molecule has 0 saturated carbocycles. The van der Waals surface area contributed by atoms with E-state index in [1.54, 1.807) is 0 Å². The van der Waals surface area contributed by atoms with Gasteiger partial charge in [-0.3, -0.25) is 10.1 Å². The highest BCUT2D eigenvalue weighted by Crippen LogP contribution is 2.28. The summed E-state index contributed by atoms with van der Waals surface area (Å²) in [7, 11) is 0. The topological polar surface area (TPSA) is 54.1 Å². The third-order valence-corrected chi connectivity index (χ3v) is 3.74. The van der Waals surface area contributed by atoms with Crippen LogP contribution < -0.4 is 5.32 Å². The number of hydrogen-bond donors (Lipinski definition) is 2. The van der Waals surface area contributed by atoms with Crippen molar-refractivity contribution in [2.45, 2.75) is 32.9 Å². The van der Waals surface area contributed by atoms with E-state index in [1.165, 1.54) is 22.0 Å². The minimum absolute atomic E-state index is 0.163. The number of carbonyl (C=O) groups excluding carboxylic acids is 1. The van der Waals surface area contributed by atoms with Gasteiger partial charge in [0.15, 0.2) is 0 Å². The molecule has 2 heterocycles. The molecule has 0 radical (unpaired) electrons. The first-order chi connectivity index (χ1) is 9.20. The predicted octanol–water partition coefficient (Wildman–Crippen LogP) is 2.05. The van der Waals surface area contributed by atoms with E-state index in [0.29, 0.717) is 19.6 Å². The Morgan fingerprint density at radius 1 is 1.47 bits per heavy atom. The van der Waals surface area contributed by atoms with Crippen LogP contribution in [0.5, 0.6) is 0 Å². The Hall–Kier alpha value is -1.81. The molecule has 4 nitrogen and oxygen atoms in total. The summed E-state index contributed by atoms with van der Waals surface area (Å²) >= 11 is 0. The number of benzene rings is 1. The van der Waals surface area contributed by atoms with Crippen LogP contribution in [0, 0.1) is 6.92 Å². The maximum Gasteiger partial charge on any atom is 0.323 e. The fourth-order valence-electron chi connectivity index (χ4n) is 2.76. The van der Waals surface area contributed by atoms with Crippen LogP contribution in [0.3, 0.4) is 0 Å². The zero-order valence-electron chi connectivity index (χ0n) is 11.2. The average Bonchev–Trinajstić information content (AvgIpc) is 2.78. The number of fused-ring (bicyclic) bond motifs is 3. The maximum atomic E-state index is 11.8. The monoisotopic (exact) mass is 258 g/mol. The highest BCUT2D eigenvalue weighted by atomic mass is 16.5. The minimum atomic E-state index is -0.235. The summed E-state index contributed by atoms with van der Waals surface area (Å²) in [5.41, 5.74) is 4.85. The van der Waals surface area contributed by atoms with Crippen molar-refractivity contribution >= 4 is 16.9 Å². The molecular formula is C15H18N2O2. The SMILES string of the molecule is CCOC(=O)C1Cc2[nH]c3c(C)cccc3c2CN1. The molecule has 0 saturated heterocycles.